The van der Waals surface area contributed by atoms with Crippen molar-refractivity contribution in [2.75, 3.05) is 19.7 Å². The molecule has 1 aromatic rings. The highest BCUT2D eigenvalue weighted by Crippen LogP contribution is 2.31. The van der Waals surface area contributed by atoms with E-state index < -0.39 is 6.10 Å². The molecule has 1 unspecified atom stereocenters. The van der Waals surface area contributed by atoms with Gasteiger partial charge in [-0.25, -0.2) is 0 Å². The molecular weight excluding hydrogens is 242 g/mol. The lowest BCUT2D eigenvalue weighted by Gasteiger charge is -2.30. The Hall–Kier alpha value is -1.71. The summed E-state index contributed by atoms with van der Waals surface area (Å²) in [5.74, 6) is 1.38. The van der Waals surface area contributed by atoms with Crippen molar-refractivity contribution in [3.05, 3.63) is 24.3 Å². The summed E-state index contributed by atoms with van der Waals surface area (Å²) >= 11 is 0. The molecule has 1 amide bonds. The predicted octanol–water partition coefficient (Wildman–Crippen LogP) is 2.48. The average Bonchev–Trinajstić information content (AvgIpc) is 2.47. The average molecular weight is 263 g/mol. The summed E-state index contributed by atoms with van der Waals surface area (Å²) in [4.78, 5) is 14.2. The van der Waals surface area contributed by atoms with E-state index in [1.54, 1.807) is 0 Å². The first-order chi connectivity index (χ1) is 9.26. The number of hydrogen-bond donors (Lipinski definition) is 0. The molecule has 0 aliphatic carbocycles. The third kappa shape index (κ3) is 3.19. The van der Waals surface area contributed by atoms with Gasteiger partial charge < -0.3 is 14.4 Å². The van der Waals surface area contributed by atoms with Crippen molar-refractivity contribution in [2.24, 2.45) is 0 Å². The van der Waals surface area contributed by atoms with E-state index in [1.807, 2.05) is 36.1 Å². The SMILES string of the molecule is CCCCN(CC)C(=O)C1COc2ccccc2O1. The number of ether oxygens (including phenoxy) is 2. The number of carbonyl (C=O) groups excluding carboxylic acids is 1. The van der Waals surface area contributed by atoms with Crippen LogP contribution in [0.5, 0.6) is 11.5 Å². The summed E-state index contributed by atoms with van der Waals surface area (Å²) in [6.07, 6.45) is 1.57. The van der Waals surface area contributed by atoms with Crippen molar-refractivity contribution in [1.29, 1.82) is 0 Å². The van der Waals surface area contributed by atoms with E-state index in [2.05, 4.69) is 6.92 Å². The lowest BCUT2D eigenvalue weighted by molar-refractivity contribution is -0.141. The van der Waals surface area contributed by atoms with Crippen molar-refractivity contribution >= 4 is 5.91 Å². The zero-order valence-corrected chi connectivity index (χ0v) is 11.6. The minimum absolute atomic E-state index is 0.0189. The lowest BCUT2D eigenvalue weighted by atomic mass is 10.2. The molecule has 1 aromatic carbocycles. The van der Waals surface area contributed by atoms with Crippen molar-refractivity contribution < 1.29 is 14.3 Å². The zero-order chi connectivity index (χ0) is 13.7. The standard InChI is InChI=1S/C15H21NO3/c1-3-5-10-16(4-2)15(17)14-11-18-12-8-6-7-9-13(12)19-14/h6-9,14H,3-5,10-11H2,1-2H3. The minimum Gasteiger partial charge on any atom is -0.485 e. The number of para-hydroxylation sites is 2. The van der Waals surface area contributed by atoms with Gasteiger partial charge in [0.1, 0.15) is 6.61 Å². The molecule has 104 valence electrons. The Balaban J connectivity index is 2.01. The maximum Gasteiger partial charge on any atom is 0.267 e. The molecule has 0 radical (unpaired) electrons. The summed E-state index contributed by atoms with van der Waals surface area (Å²) in [7, 11) is 0. The summed E-state index contributed by atoms with van der Waals surface area (Å²) < 4.78 is 11.3. The van der Waals surface area contributed by atoms with E-state index in [9.17, 15) is 4.79 Å². The van der Waals surface area contributed by atoms with Crippen LogP contribution >= 0.6 is 0 Å². The smallest absolute Gasteiger partial charge is 0.267 e. The van der Waals surface area contributed by atoms with Gasteiger partial charge in [0.25, 0.3) is 5.91 Å². The van der Waals surface area contributed by atoms with E-state index in [1.165, 1.54) is 0 Å². The quantitative estimate of drug-likeness (QED) is 0.819. The van der Waals surface area contributed by atoms with Gasteiger partial charge in [-0.2, -0.15) is 0 Å². The Kier molecular flexibility index (Phi) is 4.66. The van der Waals surface area contributed by atoms with Gasteiger partial charge in [0, 0.05) is 13.1 Å². The van der Waals surface area contributed by atoms with Crippen LogP contribution in [0.2, 0.25) is 0 Å². The Morgan fingerprint density at radius 2 is 2.05 bits per heavy atom. The molecule has 0 saturated carbocycles. The molecular formula is C15H21NO3. The Morgan fingerprint density at radius 3 is 2.74 bits per heavy atom. The maximum atomic E-state index is 12.4. The molecule has 0 saturated heterocycles. The van der Waals surface area contributed by atoms with Gasteiger partial charge in [-0.05, 0) is 25.5 Å². The Labute approximate surface area is 114 Å². The number of amides is 1. The Morgan fingerprint density at radius 1 is 1.32 bits per heavy atom. The molecule has 0 N–H and O–H groups in total. The van der Waals surface area contributed by atoms with Crippen LogP contribution in [0.25, 0.3) is 0 Å². The Bertz CT molecular complexity index is 433. The number of carbonyl (C=O) groups is 1. The second-order valence-corrected chi connectivity index (χ2v) is 4.64. The van der Waals surface area contributed by atoms with Gasteiger partial charge in [0.15, 0.2) is 11.5 Å². The topological polar surface area (TPSA) is 38.8 Å². The van der Waals surface area contributed by atoms with E-state index in [-0.39, 0.29) is 5.91 Å². The molecule has 0 aromatic heterocycles. The molecule has 4 nitrogen and oxygen atoms in total. The zero-order valence-electron chi connectivity index (χ0n) is 11.6. The van der Waals surface area contributed by atoms with Crippen LogP contribution in [-0.2, 0) is 4.79 Å². The number of nitrogens with zero attached hydrogens (tertiary/aromatic N) is 1. The summed E-state index contributed by atoms with van der Waals surface area (Å²) in [6.45, 7) is 5.89. The largest absolute Gasteiger partial charge is 0.485 e. The first-order valence-electron chi connectivity index (χ1n) is 6.93. The van der Waals surface area contributed by atoms with Gasteiger partial charge in [-0.1, -0.05) is 25.5 Å². The van der Waals surface area contributed by atoms with E-state index in [0.717, 1.165) is 19.4 Å². The normalized spacial score (nSPS) is 17.1. The molecule has 1 aliphatic rings. The number of fused-ring (bicyclic) bond motifs is 1. The van der Waals surface area contributed by atoms with Crippen molar-refractivity contribution in [1.82, 2.24) is 4.90 Å². The van der Waals surface area contributed by atoms with E-state index in [4.69, 9.17) is 9.47 Å². The van der Waals surface area contributed by atoms with Crippen molar-refractivity contribution in [3.63, 3.8) is 0 Å². The van der Waals surface area contributed by atoms with Crippen molar-refractivity contribution in [3.8, 4) is 11.5 Å². The third-order valence-corrected chi connectivity index (χ3v) is 3.26. The first-order valence-corrected chi connectivity index (χ1v) is 6.93. The van der Waals surface area contributed by atoms with Gasteiger partial charge in [0.05, 0.1) is 0 Å². The summed E-state index contributed by atoms with van der Waals surface area (Å²) in [6, 6.07) is 7.45. The van der Waals surface area contributed by atoms with Crippen LogP contribution < -0.4 is 9.47 Å². The third-order valence-electron chi connectivity index (χ3n) is 3.26. The monoisotopic (exact) mass is 263 g/mol. The van der Waals surface area contributed by atoms with Crippen LogP contribution in [-0.4, -0.2) is 36.6 Å². The maximum absolute atomic E-state index is 12.4. The predicted molar refractivity (Wildman–Crippen MR) is 73.5 cm³/mol. The number of benzene rings is 1. The fourth-order valence-electron chi connectivity index (χ4n) is 2.12. The fraction of sp³-hybridized carbons (Fsp3) is 0.533. The van der Waals surface area contributed by atoms with Crippen LogP contribution in [0.3, 0.4) is 0 Å². The van der Waals surface area contributed by atoms with Gasteiger partial charge in [-0.3, -0.25) is 4.79 Å². The van der Waals surface area contributed by atoms with Crippen molar-refractivity contribution in [2.45, 2.75) is 32.8 Å². The number of hydrogen-bond acceptors (Lipinski definition) is 3. The van der Waals surface area contributed by atoms with E-state index >= 15 is 0 Å². The van der Waals surface area contributed by atoms with Gasteiger partial charge in [0.2, 0.25) is 6.10 Å². The molecule has 0 spiro atoms. The molecule has 1 aliphatic heterocycles. The molecule has 1 atom stereocenters. The van der Waals surface area contributed by atoms with Crippen LogP contribution in [0.4, 0.5) is 0 Å². The van der Waals surface area contributed by atoms with Crippen LogP contribution in [0.15, 0.2) is 24.3 Å². The molecule has 4 heteroatoms. The molecule has 2 rings (SSSR count). The molecule has 1 heterocycles. The molecule has 0 fully saturated rings. The number of unbranched alkanes of at least 4 members (excludes halogenated alkanes) is 1. The first kappa shape index (κ1) is 13.7. The fourth-order valence-corrected chi connectivity index (χ4v) is 2.12. The highest BCUT2D eigenvalue weighted by atomic mass is 16.6. The highest BCUT2D eigenvalue weighted by Gasteiger charge is 2.30. The summed E-state index contributed by atoms with van der Waals surface area (Å²) in [5.41, 5.74) is 0. The summed E-state index contributed by atoms with van der Waals surface area (Å²) in [5, 5.41) is 0. The molecule has 19 heavy (non-hydrogen) atoms. The van der Waals surface area contributed by atoms with Gasteiger partial charge in [-0.15, -0.1) is 0 Å². The second kappa shape index (κ2) is 6.45. The minimum atomic E-state index is -0.522. The molecule has 0 bridgehead atoms. The number of likely N-dealkylation sites (N-methyl/N-ethyl adjacent to an activating group) is 1. The second-order valence-electron chi connectivity index (χ2n) is 4.64. The van der Waals surface area contributed by atoms with Gasteiger partial charge >= 0.3 is 0 Å². The lowest BCUT2D eigenvalue weighted by Crippen LogP contribution is -2.46. The van der Waals surface area contributed by atoms with E-state index in [0.29, 0.717) is 24.7 Å². The highest BCUT2D eigenvalue weighted by molar-refractivity contribution is 5.81. The van der Waals surface area contributed by atoms with Crippen LogP contribution in [0, 0.1) is 0 Å². The van der Waals surface area contributed by atoms with Crippen LogP contribution in [0.1, 0.15) is 26.7 Å². The number of rotatable bonds is 5.